The van der Waals surface area contributed by atoms with Gasteiger partial charge in [-0.05, 0) is 37.2 Å². The number of aliphatic hydroxyl groups is 1. The van der Waals surface area contributed by atoms with Gasteiger partial charge in [0.05, 0.1) is 6.10 Å². The minimum absolute atomic E-state index is 0.156. The van der Waals surface area contributed by atoms with Crippen LogP contribution in [0, 0.1) is 22.7 Å². The number of allylic oxidation sites excluding steroid dienone is 2. The summed E-state index contributed by atoms with van der Waals surface area (Å²) in [7, 11) is 0. The summed E-state index contributed by atoms with van der Waals surface area (Å²) in [6, 6.07) is 0. The van der Waals surface area contributed by atoms with Crippen molar-refractivity contribution in [2.45, 2.75) is 72.0 Å². The van der Waals surface area contributed by atoms with E-state index in [-0.39, 0.29) is 35.5 Å². The first-order valence-electron chi connectivity index (χ1n) is 9.82. The Kier molecular flexibility index (Phi) is 4.96. The van der Waals surface area contributed by atoms with Crippen LogP contribution in [-0.2, 0) is 19.1 Å². The summed E-state index contributed by atoms with van der Waals surface area (Å²) in [4.78, 5) is 37.4. The molecule has 148 valence electrons. The van der Waals surface area contributed by atoms with Gasteiger partial charge in [-0.25, -0.2) is 0 Å². The Morgan fingerprint density at radius 3 is 2.56 bits per heavy atom. The molecule has 1 fully saturated rings. The van der Waals surface area contributed by atoms with E-state index in [2.05, 4.69) is 6.58 Å². The zero-order valence-electron chi connectivity index (χ0n) is 16.7. The third kappa shape index (κ3) is 3.20. The van der Waals surface area contributed by atoms with E-state index in [0.717, 1.165) is 0 Å². The summed E-state index contributed by atoms with van der Waals surface area (Å²) in [6.45, 7) is 11.3. The van der Waals surface area contributed by atoms with Crippen LogP contribution in [0.3, 0.4) is 0 Å². The molecule has 0 aliphatic heterocycles. The Morgan fingerprint density at radius 1 is 1.26 bits per heavy atom. The number of aliphatic hydroxyl groups excluding tert-OH is 1. The maximum Gasteiger partial charge on any atom is 0.302 e. The second kappa shape index (κ2) is 6.69. The van der Waals surface area contributed by atoms with Crippen LogP contribution in [-0.4, -0.2) is 34.9 Å². The summed E-state index contributed by atoms with van der Waals surface area (Å²) in [5.74, 6) is -0.718. The predicted molar refractivity (Wildman–Crippen MR) is 101 cm³/mol. The number of Topliss-reactive ketones (excluding diaryl/α,β-unsaturated/α-hetero) is 2. The molecule has 3 aliphatic rings. The first kappa shape index (κ1) is 20.0. The minimum Gasteiger partial charge on any atom is -0.462 e. The lowest BCUT2D eigenvalue weighted by molar-refractivity contribution is -0.173. The molecule has 5 nitrogen and oxygen atoms in total. The van der Waals surface area contributed by atoms with Crippen LogP contribution in [0.15, 0.2) is 23.8 Å². The topological polar surface area (TPSA) is 80.7 Å². The van der Waals surface area contributed by atoms with Crippen molar-refractivity contribution in [2.75, 3.05) is 0 Å². The number of rotatable bonds is 1. The van der Waals surface area contributed by atoms with Crippen LogP contribution in [0.5, 0.6) is 0 Å². The molecule has 27 heavy (non-hydrogen) atoms. The van der Waals surface area contributed by atoms with Gasteiger partial charge in [-0.15, -0.1) is 0 Å². The van der Waals surface area contributed by atoms with E-state index >= 15 is 0 Å². The van der Waals surface area contributed by atoms with Gasteiger partial charge in [-0.2, -0.15) is 0 Å². The third-order valence-electron chi connectivity index (χ3n) is 7.25. The van der Waals surface area contributed by atoms with Gasteiger partial charge >= 0.3 is 5.97 Å². The van der Waals surface area contributed by atoms with Crippen LogP contribution in [0.4, 0.5) is 0 Å². The van der Waals surface area contributed by atoms with Crippen LogP contribution in [0.1, 0.15) is 59.8 Å². The lowest BCUT2D eigenvalue weighted by Crippen LogP contribution is -2.55. The Labute approximate surface area is 160 Å². The van der Waals surface area contributed by atoms with Crippen LogP contribution < -0.4 is 0 Å². The van der Waals surface area contributed by atoms with Crippen molar-refractivity contribution >= 4 is 17.5 Å². The van der Waals surface area contributed by atoms with Crippen LogP contribution in [0.2, 0.25) is 0 Å². The number of esters is 1. The van der Waals surface area contributed by atoms with E-state index < -0.39 is 16.9 Å². The fourth-order valence-corrected chi connectivity index (χ4v) is 5.52. The SMILES string of the molecule is C=C1C(=O)C2=C[C@H]1CCC(=O)[C@@]1(C)CC[C@@H](OC(C)=O)C(C)(C)[C@H]1C[C@@H]2O. The van der Waals surface area contributed by atoms with Gasteiger partial charge in [-0.1, -0.05) is 33.4 Å². The normalized spacial score (nSPS) is 38.9. The van der Waals surface area contributed by atoms with Gasteiger partial charge < -0.3 is 9.84 Å². The van der Waals surface area contributed by atoms with Crippen molar-refractivity contribution < 1.29 is 24.2 Å². The van der Waals surface area contributed by atoms with Gasteiger partial charge in [0.15, 0.2) is 5.78 Å². The molecule has 0 amide bonds. The van der Waals surface area contributed by atoms with E-state index in [1.54, 1.807) is 6.08 Å². The molecule has 0 radical (unpaired) electrons. The maximum atomic E-state index is 13.3. The lowest BCUT2D eigenvalue weighted by atomic mass is 9.52. The Bertz CT molecular complexity index is 731. The minimum atomic E-state index is -0.940. The second-order valence-electron chi connectivity index (χ2n) is 9.22. The molecular formula is C22H30O5. The highest BCUT2D eigenvalue weighted by Crippen LogP contribution is 2.56. The highest BCUT2D eigenvalue weighted by Gasteiger charge is 2.56. The van der Waals surface area contributed by atoms with Gasteiger partial charge in [0.2, 0.25) is 0 Å². The molecule has 0 spiro atoms. The number of ether oxygens (including phenoxy) is 1. The molecule has 0 saturated heterocycles. The molecule has 5 heteroatoms. The van der Waals surface area contributed by atoms with Gasteiger partial charge in [0.25, 0.3) is 0 Å². The Morgan fingerprint density at radius 2 is 1.93 bits per heavy atom. The van der Waals surface area contributed by atoms with Crippen molar-refractivity contribution in [3.63, 3.8) is 0 Å². The molecule has 5 atom stereocenters. The second-order valence-corrected chi connectivity index (χ2v) is 9.22. The van der Waals surface area contributed by atoms with E-state index in [4.69, 9.17) is 4.74 Å². The Hall–Kier alpha value is -1.75. The third-order valence-corrected chi connectivity index (χ3v) is 7.25. The molecule has 3 aliphatic carbocycles. The molecule has 0 heterocycles. The van der Waals surface area contributed by atoms with Crippen molar-refractivity contribution in [3.8, 4) is 0 Å². The molecule has 0 aromatic heterocycles. The summed E-state index contributed by atoms with van der Waals surface area (Å²) < 4.78 is 5.57. The quantitative estimate of drug-likeness (QED) is 0.563. The standard InChI is InChI=1S/C22H30O5/c1-12-14-6-7-18(25)22(5)9-8-19(27-13(2)23)21(3,4)17(22)11-16(24)15(10-14)20(12)26/h10,14,16-17,19,24H,1,6-9,11H2,2-5H3/t14-,16+,17-,19-,22+/m1/s1. The molecule has 0 aromatic carbocycles. The highest BCUT2D eigenvalue weighted by molar-refractivity contribution is 6.11. The summed E-state index contributed by atoms with van der Waals surface area (Å²) in [5.41, 5.74) is -0.216. The molecule has 0 aromatic rings. The monoisotopic (exact) mass is 374 g/mol. The van der Waals surface area contributed by atoms with E-state index in [9.17, 15) is 19.5 Å². The van der Waals surface area contributed by atoms with Gasteiger partial charge in [0.1, 0.15) is 11.9 Å². The first-order valence-corrected chi connectivity index (χ1v) is 9.82. The van der Waals surface area contributed by atoms with Crippen LogP contribution >= 0.6 is 0 Å². The molecule has 1 saturated carbocycles. The largest absolute Gasteiger partial charge is 0.462 e. The van der Waals surface area contributed by atoms with E-state index in [1.165, 1.54) is 6.92 Å². The molecular weight excluding hydrogens is 344 g/mol. The van der Waals surface area contributed by atoms with E-state index in [0.29, 0.717) is 43.3 Å². The summed E-state index contributed by atoms with van der Waals surface area (Å²) in [5, 5.41) is 10.9. The van der Waals surface area contributed by atoms with Crippen molar-refractivity contribution in [1.29, 1.82) is 0 Å². The van der Waals surface area contributed by atoms with Crippen molar-refractivity contribution in [1.82, 2.24) is 0 Å². The number of hydrogen-bond donors (Lipinski definition) is 1. The summed E-state index contributed by atoms with van der Waals surface area (Å²) >= 11 is 0. The number of hydrogen-bond acceptors (Lipinski definition) is 5. The highest BCUT2D eigenvalue weighted by atomic mass is 16.5. The molecule has 2 bridgehead atoms. The summed E-state index contributed by atoms with van der Waals surface area (Å²) in [6.07, 6.45) is 3.02. The van der Waals surface area contributed by atoms with Crippen molar-refractivity contribution in [3.05, 3.63) is 23.8 Å². The number of ketones is 2. The Balaban J connectivity index is 2.02. The van der Waals surface area contributed by atoms with Gasteiger partial charge in [-0.3, -0.25) is 14.4 Å². The fourth-order valence-electron chi connectivity index (χ4n) is 5.52. The van der Waals surface area contributed by atoms with Gasteiger partial charge in [0, 0.05) is 35.7 Å². The maximum absolute atomic E-state index is 13.3. The average molecular weight is 374 g/mol. The number of carbonyl (C=O) groups excluding carboxylic acids is 3. The van der Waals surface area contributed by atoms with E-state index in [1.807, 2.05) is 20.8 Å². The van der Waals surface area contributed by atoms with Crippen molar-refractivity contribution in [2.24, 2.45) is 22.7 Å². The molecule has 0 unspecified atom stereocenters. The number of fused-ring (bicyclic) bond motifs is 2. The first-order chi connectivity index (χ1) is 12.5. The zero-order chi connectivity index (χ0) is 20.1. The molecule has 3 rings (SSSR count). The number of carbonyl (C=O) groups is 3. The lowest BCUT2D eigenvalue weighted by Gasteiger charge is -2.54. The molecule has 1 N–H and O–H groups in total. The average Bonchev–Trinajstić information content (AvgIpc) is 2.86. The smallest absolute Gasteiger partial charge is 0.302 e. The predicted octanol–water partition coefficient (Wildman–Crippen LogP) is 3.16. The fraction of sp³-hybridized carbons (Fsp3) is 0.682. The zero-order valence-corrected chi connectivity index (χ0v) is 16.7. The van der Waals surface area contributed by atoms with Crippen LogP contribution in [0.25, 0.3) is 0 Å².